The van der Waals surface area contributed by atoms with Crippen LogP contribution < -0.4 is 0 Å². The highest BCUT2D eigenvalue weighted by Crippen LogP contribution is 2.19. The van der Waals surface area contributed by atoms with Crippen LogP contribution in [-0.2, 0) is 17.6 Å². The summed E-state index contributed by atoms with van der Waals surface area (Å²) in [5.74, 6) is 7.19. The van der Waals surface area contributed by atoms with Crippen molar-refractivity contribution in [2.75, 3.05) is 6.54 Å². The van der Waals surface area contributed by atoms with Gasteiger partial charge < -0.3 is 10.0 Å². The summed E-state index contributed by atoms with van der Waals surface area (Å²) in [5.41, 5.74) is 1.09. The average molecular weight is 436 g/mol. The molecule has 7 heteroatoms. The summed E-state index contributed by atoms with van der Waals surface area (Å²) in [6.45, 7) is 4.46. The first-order chi connectivity index (χ1) is 15.5. The molecule has 1 aliphatic rings. The molecule has 1 aromatic heterocycles. The Kier molecular flexibility index (Phi) is 9.00. The molecule has 0 aliphatic carbocycles. The standard InChI is InChI=1S/C25H33N5O2/c1-20(2)30-27-24(26-28-30)14-8-3-4-9-18-29-22(13-10-15-25(29)32)16-17-23(31)19-21-11-6-5-7-12-21/h5-7,11-12,16-17,20,22-23,31H,3,8,10,13-15,18-19H2,1-2H3/b17-16+/t22-,23?/m1/s1. The molecule has 170 valence electrons. The molecular weight excluding hydrogens is 402 g/mol. The van der Waals surface area contributed by atoms with Crippen molar-refractivity contribution < 1.29 is 9.90 Å². The lowest BCUT2D eigenvalue weighted by Gasteiger charge is -2.32. The van der Waals surface area contributed by atoms with Gasteiger partial charge in [-0.05, 0) is 43.9 Å². The molecule has 1 fully saturated rings. The van der Waals surface area contributed by atoms with E-state index in [1.54, 1.807) is 4.80 Å². The highest BCUT2D eigenvalue weighted by Gasteiger charge is 2.25. The van der Waals surface area contributed by atoms with Gasteiger partial charge in [0.1, 0.15) is 0 Å². The summed E-state index contributed by atoms with van der Waals surface area (Å²) < 4.78 is 0. The summed E-state index contributed by atoms with van der Waals surface area (Å²) in [5, 5.41) is 22.8. The number of amides is 1. The van der Waals surface area contributed by atoms with Gasteiger partial charge in [0, 0.05) is 25.7 Å². The highest BCUT2D eigenvalue weighted by molar-refractivity contribution is 5.77. The Morgan fingerprint density at radius 1 is 1.25 bits per heavy atom. The first kappa shape index (κ1) is 23.7. The second-order valence-corrected chi connectivity index (χ2v) is 8.45. The average Bonchev–Trinajstić information content (AvgIpc) is 3.26. The van der Waals surface area contributed by atoms with E-state index in [1.807, 2.05) is 61.2 Å². The molecular formula is C25H33N5O2. The zero-order valence-electron chi connectivity index (χ0n) is 19.0. The molecule has 1 aliphatic heterocycles. The summed E-state index contributed by atoms with van der Waals surface area (Å²) in [4.78, 5) is 15.9. The molecule has 3 rings (SSSR count). The Bertz CT molecular complexity index is 942. The number of aliphatic hydroxyl groups is 1. The van der Waals surface area contributed by atoms with Gasteiger partial charge in [-0.3, -0.25) is 4.79 Å². The van der Waals surface area contributed by atoms with Crippen molar-refractivity contribution in [1.82, 2.24) is 25.1 Å². The first-order valence-electron chi connectivity index (χ1n) is 11.5. The van der Waals surface area contributed by atoms with E-state index in [2.05, 4.69) is 27.3 Å². The quantitative estimate of drug-likeness (QED) is 0.372. The van der Waals surface area contributed by atoms with Gasteiger partial charge in [-0.1, -0.05) is 48.4 Å². The number of piperidine rings is 1. The van der Waals surface area contributed by atoms with Crippen molar-refractivity contribution >= 4 is 5.91 Å². The minimum absolute atomic E-state index is 0.00811. The van der Waals surface area contributed by atoms with E-state index in [-0.39, 0.29) is 18.0 Å². The maximum absolute atomic E-state index is 12.4. The second kappa shape index (κ2) is 12.2. The number of likely N-dealkylation sites (tertiary alicyclic amines) is 1. The summed E-state index contributed by atoms with van der Waals surface area (Å²) in [6.07, 6.45) is 8.46. The SMILES string of the molecule is CC(C)n1nnc(CCCC#CCN2C(=O)CCC[C@@H]2/C=C/C(O)Cc2ccccc2)n1. The number of tetrazole rings is 1. The zero-order chi connectivity index (χ0) is 22.8. The third kappa shape index (κ3) is 7.31. The number of carbonyl (C=O) groups excluding carboxylic acids is 1. The number of aryl methyl sites for hydroxylation is 1. The number of rotatable bonds is 9. The number of unbranched alkanes of at least 4 members (excludes halogenated alkanes) is 1. The molecule has 1 amide bonds. The summed E-state index contributed by atoms with van der Waals surface area (Å²) in [6, 6.07) is 10.1. The van der Waals surface area contributed by atoms with Gasteiger partial charge in [0.25, 0.3) is 0 Å². The Labute approximate surface area is 190 Å². The second-order valence-electron chi connectivity index (χ2n) is 8.45. The molecule has 2 atom stereocenters. The number of carbonyl (C=O) groups is 1. The van der Waals surface area contributed by atoms with Crippen LogP contribution in [-0.4, -0.2) is 54.8 Å². The highest BCUT2D eigenvalue weighted by atomic mass is 16.3. The molecule has 0 bridgehead atoms. The normalized spacial score (nSPS) is 17.6. The van der Waals surface area contributed by atoms with E-state index < -0.39 is 6.10 Å². The Morgan fingerprint density at radius 3 is 2.81 bits per heavy atom. The molecule has 32 heavy (non-hydrogen) atoms. The van der Waals surface area contributed by atoms with Crippen LogP contribution in [0.25, 0.3) is 0 Å². The number of benzene rings is 1. The minimum atomic E-state index is -0.565. The molecule has 0 spiro atoms. The van der Waals surface area contributed by atoms with E-state index in [4.69, 9.17) is 0 Å². The molecule has 1 N–H and O–H groups in total. The molecule has 7 nitrogen and oxygen atoms in total. The number of aliphatic hydroxyl groups excluding tert-OH is 1. The van der Waals surface area contributed by atoms with Gasteiger partial charge >= 0.3 is 0 Å². The fourth-order valence-corrected chi connectivity index (χ4v) is 3.67. The number of aromatic nitrogens is 4. The van der Waals surface area contributed by atoms with E-state index in [9.17, 15) is 9.90 Å². The fraction of sp³-hybridized carbons (Fsp3) is 0.520. The van der Waals surface area contributed by atoms with Crippen LogP contribution in [0.4, 0.5) is 0 Å². The van der Waals surface area contributed by atoms with Crippen LogP contribution in [0.2, 0.25) is 0 Å². The predicted octanol–water partition coefficient (Wildman–Crippen LogP) is 3.12. The fourth-order valence-electron chi connectivity index (χ4n) is 3.67. The number of hydrogen-bond acceptors (Lipinski definition) is 5. The van der Waals surface area contributed by atoms with Crippen LogP contribution >= 0.6 is 0 Å². The maximum Gasteiger partial charge on any atom is 0.223 e. The van der Waals surface area contributed by atoms with Crippen LogP contribution in [0.3, 0.4) is 0 Å². The summed E-state index contributed by atoms with van der Waals surface area (Å²) >= 11 is 0. The van der Waals surface area contributed by atoms with Crippen molar-refractivity contribution in [2.45, 2.75) is 77.0 Å². The third-order valence-electron chi connectivity index (χ3n) is 5.46. The van der Waals surface area contributed by atoms with Crippen LogP contribution in [0, 0.1) is 11.8 Å². The van der Waals surface area contributed by atoms with Crippen molar-refractivity contribution in [3.05, 3.63) is 53.9 Å². The Morgan fingerprint density at radius 2 is 2.06 bits per heavy atom. The van der Waals surface area contributed by atoms with E-state index in [1.165, 1.54) is 0 Å². The van der Waals surface area contributed by atoms with Crippen LogP contribution in [0.5, 0.6) is 0 Å². The van der Waals surface area contributed by atoms with Gasteiger partial charge in [0.2, 0.25) is 5.91 Å². The molecule has 2 aromatic rings. The van der Waals surface area contributed by atoms with E-state index in [0.29, 0.717) is 19.4 Å². The van der Waals surface area contributed by atoms with Crippen molar-refractivity contribution in [2.24, 2.45) is 0 Å². The topological polar surface area (TPSA) is 84.1 Å². The van der Waals surface area contributed by atoms with Crippen molar-refractivity contribution in [1.29, 1.82) is 0 Å². The van der Waals surface area contributed by atoms with Crippen molar-refractivity contribution in [3.8, 4) is 11.8 Å². The van der Waals surface area contributed by atoms with Crippen molar-refractivity contribution in [3.63, 3.8) is 0 Å². The third-order valence-corrected chi connectivity index (χ3v) is 5.46. The molecule has 1 aromatic carbocycles. The summed E-state index contributed by atoms with van der Waals surface area (Å²) in [7, 11) is 0. The number of nitrogens with zero attached hydrogens (tertiary/aromatic N) is 5. The smallest absolute Gasteiger partial charge is 0.223 e. The Hall–Kier alpha value is -2.98. The lowest BCUT2D eigenvalue weighted by molar-refractivity contribution is -0.134. The maximum atomic E-state index is 12.4. The van der Waals surface area contributed by atoms with Gasteiger partial charge in [0.15, 0.2) is 5.82 Å². The molecule has 0 saturated carbocycles. The van der Waals surface area contributed by atoms with E-state index in [0.717, 1.165) is 43.5 Å². The van der Waals surface area contributed by atoms with Gasteiger partial charge in [0.05, 0.1) is 24.7 Å². The number of hydrogen-bond donors (Lipinski definition) is 1. The molecule has 1 saturated heterocycles. The zero-order valence-corrected chi connectivity index (χ0v) is 19.0. The van der Waals surface area contributed by atoms with Gasteiger partial charge in [-0.2, -0.15) is 4.80 Å². The van der Waals surface area contributed by atoms with Crippen LogP contribution in [0.1, 0.15) is 63.4 Å². The lowest BCUT2D eigenvalue weighted by Crippen LogP contribution is -2.42. The largest absolute Gasteiger partial charge is 0.389 e. The monoisotopic (exact) mass is 435 g/mol. The minimum Gasteiger partial charge on any atom is -0.389 e. The molecule has 2 heterocycles. The van der Waals surface area contributed by atoms with Gasteiger partial charge in [-0.25, -0.2) is 0 Å². The van der Waals surface area contributed by atoms with Crippen LogP contribution in [0.15, 0.2) is 42.5 Å². The van der Waals surface area contributed by atoms with E-state index >= 15 is 0 Å². The predicted molar refractivity (Wildman–Crippen MR) is 124 cm³/mol. The Balaban J connectivity index is 1.46. The first-order valence-corrected chi connectivity index (χ1v) is 11.5. The van der Waals surface area contributed by atoms with Gasteiger partial charge in [-0.15, -0.1) is 16.1 Å². The lowest BCUT2D eigenvalue weighted by atomic mass is 9.99. The molecule has 0 radical (unpaired) electrons. The molecule has 1 unspecified atom stereocenters.